The highest BCUT2D eigenvalue weighted by molar-refractivity contribution is 7.89. The van der Waals surface area contributed by atoms with Crippen LogP contribution < -0.4 is 29.0 Å². The summed E-state index contributed by atoms with van der Waals surface area (Å²) >= 11 is 0. The molecular formula is C62H73F6N7O12S3. The van der Waals surface area contributed by atoms with Crippen molar-refractivity contribution in [2.75, 3.05) is 118 Å². The Labute approximate surface area is 521 Å². The molecule has 0 saturated carbocycles. The zero-order valence-electron chi connectivity index (χ0n) is 50.5. The van der Waals surface area contributed by atoms with Gasteiger partial charge in [-0.1, -0.05) is 23.8 Å². The number of hydrogen-bond acceptors (Lipinski definition) is 15. The molecule has 0 unspecified atom stereocenters. The van der Waals surface area contributed by atoms with Gasteiger partial charge < -0.3 is 29.0 Å². The van der Waals surface area contributed by atoms with E-state index in [-0.39, 0.29) is 100 Å². The summed E-state index contributed by atoms with van der Waals surface area (Å²) in [7, 11) is -7.05. The van der Waals surface area contributed by atoms with Gasteiger partial charge in [-0.15, -0.1) is 0 Å². The highest BCUT2D eigenvalue weighted by atomic mass is 32.2. The van der Waals surface area contributed by atoms with Gasteiger partial charge in [0.2, 0.25) is 36.0 Å². The standard InChI is InChI=1S/C21H25F2N3O4S.C21H24F2N2O5S.C20H24F2N2O3S/c1-15(27)24-16-5-3-6-18(11-16)31(28,29)26-8-4-7-25(9-10-26)14-19-20(22)12-17(30-2)13-21(19)23;1-28-15-11-18(22)17(19(23)12-15)14-24-5-2-6-25(8-7-24)31(26,27)16-3-4-20-21(13-16)30-10-9-29-20;1-15-4-6-17(7-5-15)28(25,26)24-9-3-8-23(10-11-24)14-18-19(21)12-16(27-2)13-20(18)22/h3,5-6,11-13H,4,7-10,14H2,1-2H3,(H,24,27);3-4,11-13H,2,5-10,14H2,1H3;4-7,12-13H,3,8-11,14H2,1-2H3. The molecule has 4 heterocycles. The molecule has 3 saturated heterocycles. The Morgan fingerprint density at radius 2 is 0.800 bits per heavy atom. The number of rotatable bonds is 16. The van der Waals surface area contributed by atoms with Gasteiger partial charge in [0.05, 0.1) is 36.0 Å². The van der Waals surface area contributed by atoms with Gasteiger partial charge in [-0.25, -0.2) is 51.6 Å². The van der Waals surface area contributed by atoms with E-state index in [1.807, 2.05) is 21.6 Å². The Morgan fingerprint density at radius 1 is 0.444 bits per heavy atom. The quantitative estimate of drug-likeness (QED) is 0.0903. The number of carbonyl (C=O) groups excluding carboxylic acids is 1. The van der Waals surface area contributed by atoms with Crippen LogP contribution in [0, 0.1) is 41.8 Å². The van der Waals surface area contributed by atoms with Crippen molar-refractivity contribution in [1.29, 1.82) is 0 Å². The lowest BCUT2D eigenvalue weighted by Gasteiger charge is -2.23. The van der Waals surface area contributed by atoms with Crippen LogP contribution in [0.3, 0.4) is 0 Å². The second-order valence-electron chi connectivity index (χ2n) is 21.6. The molecule has 0 aromatic heterocycles. The van der Waals surface area contributed by atoms with Crippen molar-refractivity contribution in [3.63, 3.8) is 0 Å². The van der Waals surface area contributed by atoms with Crippen LogP contribution in [0.4, 0.5) is 32.0 Å². The molecule has 0 spiro atoms. The lowest BCUT2D eigenvalue weighted by atomic mass is 10.1. The van der Waals surface area contributed by atoms with Gasteiger partial charge in [-0.3, -0.25) is 19.5 Å². The zero-order valence-corrected chi connectivity index (χ0v) is 53.0. The molecule has 0 atom stereocenters. The number of carbonyl (C=O) groups is 1. The number of fused-ring (bicyclic) bond motifs is 1. The number of halogens is 6. The molecule has 10 rings (SSSR count). The fourth-order valence-corrected chi connectivity index (χ4v) is 15.0. The number of methoxy groups -OCH3 is 3. The molecule has 4 aliphatic heterocycles. The van der Waals surface area contributed by atoms with E-state index in [2.05, 4.69) is 5.32 Å². The number of hydrogen-bond donors (Lipinski definition) is 1. The van der Waals surface area contributed by atoms with Crippen LogP contribution in [0.25, 0.3) is 0 Å². The minimum atomic E-state index is -3.77. The van der Waals surface area contributed by atoms with E-state index in [1.54, 1.807) is 42.5 Å². The third-order valence-electron chi connectivity index (χ3n) is 15.4. The highest BCUT2D eigenvalue weighted by Gasteiger charge is 2.32. The first kappa shape index (κ1) is 68.9. The van der Waals surface area contributed by atoms with Crippen LogP contribution in [0.5, 0.6) is 28.7 Å². The highest BCUT2D eigenvalue weighted by Crippen LogP contribution is 2.34. The SMILES string of the molecule is COc1cc(F)c(CN2CCCN(S(=O)(=O)c3ccc(C)cc3)CC2)c(F)c1.COc1cc(F)c(CN2CCCN(S(=O)(=O)c3ccc4c(c3)OCCO4)CC2)c(F)c1.COc1cc(F)c(CN2CCCN(S(=O)(=O)c3cccc(NC(C)=O)c3)CC2)c(F)c1. The lowest BCUT2D eigenvalue weighted by Crippen LogP contribution is -2.35. The fourth-order valence-electron chi connectivity index (χ4n) is 10.5. The molecule has 4 aliphatic rings. The van der Waals surface area contributed by atoms with E-state index in [9.17, 15) is 56.4 Å². The van der Waals surface area contributed by atoms with Crippen LogP contribution in [0.1, 0.15) is 48.4 Å². The summed E-state index contributed by atoms with van der Waals surface area (Å²) in [6.07, 6.45) is 1.65. The van der Waals surface area contributed by atoms with Gasteiger partial charge in [-0.2, -0.15) is 12.9 Å². The number of ether oxygens (including phenoxy) is 5. The first-order valence-corrected chi connectivity index (χ1v) is 33.3. The summed E-state index contributed by atoms with van der Waals surface area (Å²) in [5, 5.41) is 2.58. The Balaban J connectivity index is 0.000000175. The van der Waals surface area contributed by atoms with E-state index in [0.717, 1.165) is 42.0 Å². The number of aryl methyl sites for hydroxylation is 1. The average molecular weight is 1320 g/mol. The van der Waals surface area contributed by atoms with Crippen molar-refractivity contribution in [2.24, 2.45) is 0 Å². The van der Waals surface area contributed by atoms with E-state index < -0.39 is 65.0 Å². The molecule has 1 amide bonds. The number of nitrogens with zero attached hydrogens (tertiary/aromatic N) is 6. The second kappa shape index (κ2) is 30.9. The van der Waals surface area contributed by atoms with Crippen molar-refractivity contribution in [2.45, 2.75) is 67.4 Å². The van der Waals surface area contributed by atoms with Crippen LogP contribution in [0.15, 0.2) is 118 Å². The number of amides is 1. The van der Waals surface area contributed by atoms with Gasteiger partial charge in [-0.05, 0) is 88.3 Å². The molecule has 0 bridgehead atoms. The van der Waals surface area contributed by atoms with Crippen molar-refractivity contribution in [3.8, 4) is 28.7 Å². The van der Waals surface area contributed by atoms with Gasteiger partial charge in [0.25, 0.3) is 0 Å². The van der Waals surface area contributed by atoms with E-state index >= 15 is 0 Å². The van der Waals surface area contributed by atoms with E-state index in [1.165, 1.54) is 65.4 Å². The average Bonchev–Trinajstić information content (AvgIpc) is 1.40. The predicted molar refractivity (Wildman–Crippen MR) is 324 cm³/mol. The molecule has 0 radical (unpaired) electrons. The summed E-state index contributed by atoms with van der Waals surface area (Å²) < 4.78 is 194. The van der Waals surface area contributed by atoms with Crippen LogP contribution >= 0.6 is 0 Å². The molecule has 28 heteroatoms. The first-order valence-electron chi connectivity index (χ1n) is 29.0. The maximum atomic E-state index is 14.3. The topological polar surface area (TPSA) is 197 Å². The van der Waals surface area contributed by atoms with E-state index in [4.69, 9.17) is 23.7 Å². The van der Waals surface area contributed by atoms with Crippen molar-refractivity contribution < 1.29 is 80.1 Å². The smallest absolute Gasteiger partial charge is 0.243 e. The van der Waals surface area contributed by atoms with Crippen molar-refractivity contribution in [1.82, 2.24) is 27.6 Å². The van der Waals surface area contributed by atoms with Gasteiger partial charge in [0.1, 0.15) is 65.4 Å². The third kappa shape index (κ3) is 17.5. The molecule has 0 aliphatic carbocycles. The molecule has 1 N–H and O–H groups in total. The lowest BCUT2D eigenvalue weighted by molar-refractivity contribution is -0.114. The van der Waals surface area contributed by atoms with Crippen molar-refractivity contribution >= 4 is 41.7 Å². The van der Waals surface area contributed by atoms with Crippen LogP contribution in [-0.4, -0.2) is 172 Å². The predicted octanol–water partition coefficient (Wildman–Crippen LogP) is 8.65. The maximum Gasteiger partial charge on any atom is 0.243 e. The Morgan fingerprint density at radius 3 is 1.18 bits per heavy atom. The summed E-state index contributed by atoms with van der Waals surface area (Å²) in [4.78, 5) is 17.3. The van der Waals surface area contributed by atoms with Crippen LogP contribution in [0.2, 0.25) is 0 Å². The molecule has 3 fully saturated rings. The Bertz CT molecular complexity index is 3770. The number of anilines is 1. The monoisotopic (exact) mass is 1320 g/mol. The summed E-state index contributed by atoms with van der Waals surface area (Å²) in [6, 6.07) is 24.3. The third-order valence-corrected chi connectivity index (χ3v) is 21.1. The van der Waals surface area contributed by atoms with Crippen LogP contribution in [-0.2, 0) is 54.5 Å². The largest absolute Gasteiger partial charge is 0.497 e. The maximum absolute atomic E-state index is 14.3. The normalized spacial score (nSPS) is 16.9. The van der Waals surface area contributed by atoms with Gasteiger partial charge in [0, 0.05) is 150 Å². The molecule has 488 valence electrons. The molecule has 6 aromatic carbocycles. The van der Waals surface area contributed by atoms with Gasteiger partial charge >= 0.3 is 0 Å². The van der Waals surface area contributed by atoms with Crippen molar-refractivity contribution in [3.05, 3.63) is 160 Å². The molecule has 6 aromatic rings. The molecule has 19 nitrogen and oxygen atoms in total. The summed E-state index contributed by atoms with van der Waals surface area (Å²) in [5.74, 6) is -3.08. The van der Waals surface area contributed by atoms with Gasteiger partial charge in [0.15, 0.2) is 11.5 Å². The number of sulfonamides is 3. The molecule has 90 heavy (non-hydrogen) atoms. The number of benzene rings is 6. The second-order valence-corrected chi connectivity index (χ2v) is 27.5. The number of nitrogens with one attached hydrogen (secondary N) is 1. The Kier molecular flexibility index (Phi) is 23.6. The Hall–Kier alpha value is -7.02. The minimum absolute atomic E-state index is 0.0318. The van der Waals surface area contributed by atoms with E-state index in [0.29, 0.717) is 102 Å². The summed E-state index contributed by atoms with van der Waals surface area (Å²) in [6.45, 7) is 8.55. The zero-order chi connectivity index (χ0) is 64.9. The minimum Gasteiger partial charge on any atom is -0.497 e. The molecular weight excluding hydrogens is 1240 g/mol. The fraction of sp³-hybridized carbons (Fsp3) is 0.403. The first-order chi connectivity index (χ1) is 42.9. The summed E-state index contributed by atoms with van der Waals surface area (Å²) in [5.41, 5.74) is 1.24.